The number of rotatable bonds is 2. The van der Waals surface area contributed by atoms with E-state index >= 15 is 0 Å². The van der Waals surface area contributed by atoms with Crippen LogP contribution >= 0.6 is 0 Å². The molecule has 0 aliphatic carbocycles. The minimum Gasteiger partial charge on any atom is -0.396 e. The Hall–Kier alpha value is -1.10. The molecule has 1 aliphatic rings. The zero-order valence-electron chi connectivity index (χ0n) is 5.96. The fourth-order valence-electron chi connectivity index (χ4n) is 0.934. The normalized spacial score (nSPS) is 24.3. The molecule has 0 aromatic carbocycles. The van der Waals surface area contributed by atoms with E-state index in [0.717, 1.165) is 0 Å². The van der Waals surface area contributed by atoms with Gasteiger partial charge >= 0.3 is 0 Å². The highest BCUT2D eigenvalue weighted by Crippen LogP contribution is 1.94. The first-order valence-corrected chi connectivity index (χ1v) is 3.42. The molecule has 1 atom stereocenters. The third-order valence-electron chi connectivity index (χ3n) is 1.49. The van der Waals surface area contributed by atoms with E-state index in [0.29, 0.717) is 0 Å². The van der Waals surface area contributed by atoms with Crippen LogP contribution in [-0.2, 0) is 9.59 Å². The quantitative estimate of drug-likeness (QED) is 0.434. The molecule has 5 heteroatoms. The van der Waals surface area contributed by atoms with Crippen LogP contribution in [-0.4, -0.2) is 36.1 Å². The molecule has 3 N–H and O–H groups in total. The standard InChI is InChI=1S/C6H10N2O3/c9-2-1-4-6(11)7-3-5(10)8-4/h4,9H,1-3H2,(H,7,11)(H,8,10). The molecule has 0 spiro atoms. The zero-order valence-corrected chi connectivity index (χ0v) is 5.96. The van der Waals surface area contributed by atoms with Crippen LogP contribution in [0.1, 0.15) is 6.42 Å². The van der Waals surface area contributed by atoms with Gasteiger partial charge in [-0.1, -0.05) is 0 Å². The second kappa shape index (κ2) is 3.34. The molecule has 1 rings (SSSR count). The van der Waals surface area contributed by atoms with Crippen molar-refractivity contribution in [1.29, 1.82) is 0 Å². The van der Waals surface area contributed by atoms with Gasteiger partial charge in [0.15, 0.2) is 0 Å². The lowest BCUT2D eigenvalue weighted by molar-refractivity contribution is -0.134. The second-order valence-corrected chi connectivity index (χ2v) is 2.35. The van der Waals surface area contributed by atoms with Crippen molar-refractivity contribution in [2.24, 2.45) is 0 Å². The van der Waals surface area contributed by atoms with Crippen LogP contribution < -0.4 is 10.6 Å². The zero-order chi connectivity index (χ0) is 8.27. The van der Waals surface area contributed by atoms with Crippen molar-refractivity contribution in [2.45, 2.75) is 12.5 Å². The van der Waals surface area contributed by atoms with E-state index in [2.05, 4.69) is 10.6 Å². The fourth-order valence-corrected chi connectivity index (χ4v) is 0.934. The van der Waals surface area contributed by atoms with Crippen LogP contribution in [0.2, 0.25) is 0 Å². The molecule has 5 nitrogen and oxygen atoms in total. The number of hydrogen-bond donors (Lipinski definition) is 3. The lowest BCUT2D eigenvalue weighted by Gasteiger charge is -2.21. The molecule has 62 valence electrons. The molecule has 11 heavy (non-hydrogen) atoms. The summed E-state index contributed by atoms with van der Waals surface area (Å²) in [5, 5.41) is 13.4. The molecule has 0 bridgehead atoms. The van der Waals surface area contributed by atoms with E-state index in [1.807, 2.05) is 0 Å². The van der Waals surface area contributed by atoms with Gasteiger partial charge in [-0.15, -0.1) is 0 Å². The molecule has 1 saturated heterocycles. The molecule has 1 fully saturated rings. The van der Waals surface area contributed by atoms with Crippen molar-refractivity contribution in [3.05, 3.63) is 0 Å². The van der Waals surface area contributed by atoms with E-state index in [4.69, 9.17) is 5.11 Å². The van der Waals surface area contributed by atoms with Gasteiger partial charge in [0.1, 0.15) is 6.04 Å². The summed E-state index contributed by atoms with van der Waals surface area (Å²) in [6, 6.07) is -0.554. The average Bonchev–Trinajstić information content (AvgIpc) is 1.98. The Morgan fingerprint density at radius 1 is 1.55 bits per heavy atom. The molecule has 0 aromatic rings. The minimum atomic E-state index is -0.554. The van der Waals surface area contributed by atoms with Crippen LogP contribution in [0.25, 0.3) is 0 Å². The van der Waals surface area contributed by atoms with Crippen molar-refractivity contribution in [1.82, 2.24) is 10.6 Å². The average molecular weight is 158 g/mol. The molecule has 1 aliphatic heterocycles. The summed E-state index contributed by atoms with van der Waals surface area (Å²) in [6.07, 6.45) is 0.275. The third kappa shape index (κ3) is 1.91. The summed E-state index contributed by atoms with van der Waals surface area (Å²) in [5.74, 6) is -0.429. The largest absolute Gasteiger partial charge is 0.396 e. The first kappa shape index (κ1) is 8.00. The summed E-state index contributed by atoms with van der Waals surface area (Å²) in [4.78, 5) is 21.6. The Morgan fingerprint density at radius 2 is 2.27 bits per heavy atom. The Kier molecular flexibility index (Phi) is 2.43. The molecule has 0 radical (unpaired) electrons. The van der Waals surface area contributed by atoms with E-state index in [1.165, 1.54) is 0 Å². The summed E-state index contributed by atoms with van der Waals surface area (Å²) in [7, 11) is 0. The summed E-state index contributed by atoms with van der Waals surface area (Å²) in [6.45, 7) is -0.0564. The van der Waals surface area contributed by atoms with Crippen LogP contribution in [0.5, 0.6) is 0 Å². The van der Waals surface area contributed by atoms with Crippen molar-refractivity contribution in [2.75, 3.05) is 13.2 Å². The predicted octanol–water partition coefficient (Wildman–Crippen LogP) is -2.02. The van der Waals surface area contributed by atoms with Crippen molar-refractivity contribution < 1.29 is 14.7 Å². The predicted molar refractivity (Wildman–Crippen MR) is 36.6 cm³/mol. The van der Waals surface area contributed by atoms with Gasteiger partial charge in [0.05, 0.1) is 6.54 Å². The first-order valence-electron chi connectivity index (χ1n) is 3.42. The summed E-state index contributed by atoms with van der Waals surface area (Å²) in [5.41, 5.74) is 0. The Morgan fingerprint density at radius 3 is 2.91 bits per heavy atom. The van der Waals surface area contributed by atoms with Gasteiger partial charge in [-0.05, 0) is 6.42 Å². The fraction of sp³-hybridized carbons (Fsp3) is 0.667. The van der Waals surface area contributed by atoms with E-state index in [9.17, 15) is 9.59 Å². The summed E-state index contributed by atoms with van der Waals surface area (Å²) < 4.78 is 0. The van der Waals surface area contributed by atoms with Gasteiger partial charge in [-0.25, -0.2) is 0 Å². The topological polar surface area (TPSA) is 78.4 Å². The maximum absolute atomic E-state index is 10.9. The number of nitrogens with one attached hydrogen (secondary N) is 2. The smallest absolute Gasteiger partial charge is 0.243 e. The number of carbonyl (C=O) groups is 2. The second-order valence-electron chi connectivity index (χ2n) is 2.35. The van der Waals surface area contributed by atoms with Gasteiger partial charge < -0.3 is 15.7 Å². The van der Waals surface area contributed by atoms with Gasteiger partial charge in [0.2, 0.25) is 11.8 Å². The monoisotopic (exact) mass is 158 g/mol. The number of aliphatic hydroxyl groups is 1. The highest BCUT2D eigenvalue weighted by atomic mass is 16.3. The number of piperazine rings is 1. The third-order valence-corrected chi connectivity index (χ3v) is 1.49. The lowest BCUT2D eigenvalue weighted by Crippen LogP contribution is -2.56. The highest BCUT2D eigenvalue weighted by Gasteiger charge is 2.24. The van der Waals surface area contributed by atoms with Crippen LogP contribution in [0.15, 0.2) is 0 Å². The van der Waals surface area contributed by atoms with Gasteiger partial charge in [-0.3, -0.25) is 9.59 Å². The van der Waals surface area contributed by atoms with E-state index in [-0.39, 0.29) is 31.4 Å². The van der Waals surface area contributed by atoms with Crippen LogP contribution in [0, 0.1) is 0 Å². The number of carbonyl (C=O) groups excluding carboxylic acids is 2. The maximum atomic E-state index is 10.9. The highest BCUT2D eigenvalue weighted by molar-refractivity contribution is 5.94. The Labute approximate surface area is 63.8 Å². The SMILES string of the molecule is O=C1CNC(=O)C(CCO)N1. The number of hydrogen-bond acceptors (Lipinski definition) is 3. The van der Waals surface area contributed by atoms with E-state index in [1.54, 1.807) is 0 Å². The molecule has 1 heterocycles. The lowest BCUT2D eigenvalue weighted by atomic mass is 10.1. The van der Waals surface area contributed by atoms with Crippen molar-refractivity contribution >= 4 is 11.8 Å². The molecule has 0 saturated carbocycles. The summed E-state index contributed by atoms with van der Waals surface area (Å²) >= 11 is 0. The maximum Gasteiger partial charge on any atom is 0.243 e. The first-order chi connectivity index (χ1) is 5.24. The van der Waals surface area contributed by atoms with Gasteiger partial charge in [-0.2, -0.15) is 0 Å². The van der Waals surface area contributed by atoms with Gasteiger partial charge in [0, 0.05) is 6.61 Å². The van der Waals surface area contributed by atoms with Crippen molar-refractivity contribution in [3.8, 4) is 0 Å². The molecular formula is C6H10N2O3. The van der Waals surface area contributed by atoms with Gasteiger partial charge in [0.25, 0.3) is 0 Å². The van der Waals surface area contributed by atoms with Crippen molar-refractivity contribution in [3.63, 3.8) is 0 Å². The molecular weight excluding hydrogens is 148 g/mol. The molecule has 0 aromatic heterocycles. The number of aliphatic hydroxyl groups excluding tert-OH is 1. The van der Waals surface area contributed by atoms with Crippen LogP contribution in [0.4, 0.5) is 0 Å². The molecule has 2 amide bonds. The van der Waals surface area contributed by atoms with E-state index < -0.39 is 6.04 Å². The Balaban J connectivity index is 2.47. The number of amides is 2. The molecule has 1 unspecified atom stereocenters. The minimum absolute atomic E-state index is 0.0424. The van der Waals surface area contributed by atoms with Crippen LogP contribution in [0.3, 0.4) is 0 Å². The Bertz CT molecular complexity index is 181.